The molecule has 24 heavy (non-hydrogen) atoms. The maximum Gasteiger partial charge on any atom is 0.339 e. The van der Waals surface area contributed by atoms with Crippen molar-refractivity contribution in [1.82, 2.24) is 0 Å². The number of ether oxygens (including phenoxy) is 1. The summed E-state index contributed by atoms with van der Waals surface area (Å²) in [4.78, 5) is 39.4. The zero-order chi connectivity index (χ0) is 16.6. The average Bonchev–Trinajstić information content (AvgIpc) is 3.39. The Bertz CT molecular complexity index is 777. The van der Waals surface area contributed by atoms with E-state index in [1.807, 2.05) is 0 Å². The Morgan fingerprint density at radius 1 is 1.04 bits per heavy atom. The predicted octanol–water partition coefficient (Wildman–Crippen LogP) is 2.03. The fraction of sp³-hybridized carbons (Fsp3) is 0.421. The van der Waals surface area contributed by atoms with Crippen LogP contribution in [0.2, 0.25) is 0 Å². The van der Waals surface area contributed by atoms with Crippen LogP contribution in [0.25, 0.3) is 0 Å². The van der Waals surface area contributed by atoms with E-state index in [0.29, 0.717) is 17.5 Å². The number of amides is 2. The molecule has 2 amide bonds. The van der Waals surface area contributed by atoms with E-state index in [9.17, 15) is 14.4 Å². The van der Waals surface area contributed by atoms with E-state index >= 15 is 0 Å². The van der Waals surface area contributed by atoms with Gasteiger partial charge in [-0.1, -0.05) is 24.3 Å². The van der Waals surface area contributed by atoms with Gasteiger partial charge in [0.05, 0.1) is 30.2 Å². The molecule has 4 aliphatic carbocycles. The highest BCUT2D eigenvalue weighted by atomic mass is 16.5. The zero-order valence-corrected chi connectivity index (χ0v) is 13.2. The topological polar surface area (TPSA) is 63.7 Å². The molecule has 122 valence electrons. The van der Waals surface area contributed by atoms with Crippen LogP contribution in [0.15, 0.2) is 36.4 Å². The molecule has 0 unspecified atom stereocenters. The lowest BCUT2D eigenvalue weighted by Crippen LogP contribution is -2.40. The number of allylic oxidation sites excluding steroid dienone is 2. The maximum atomic E-state index is 13.1. The fourth-order valence-corrected chi connectivity index (χ4v) is 5.15. The second-order valence-corrected chi connectivity index (χ2v) is 7.18. The number of carbonyl (C=O) groups is 3. The highest BCUT2D eigenvalue weighted by molar-refractivity contribution is 6.24. The van der Waals surface area contributed by atoms with Crippen LogP contribution in [0.5, 0.6) is 0 Å². The third-order valence-electron chi connectivity index (χ3n) is 6.21. The number of rotatable bonds is 2. The highest BCUT2D eigenvalue weighted by Crippen LogP contribution is 2.65. The van der Waals surface area contributed by atoms with Gasteiger partial charge < -0.3 is 4.74 Å². The summed E-state index contributed by atoms with van der Waals surface area (Å²) in [5, 5.41) is 0. The summed E-state index contributed by atoms with van der Waals surface area (Å²) in [5.74, 6) is 0.0992. The van der Waals surface area contributed by atoms with Crippen molar-refractivity contribution in [3.8, 4) is 0 Å². The van der Waals surface area contributed by atoms with E-state index in [0.717, 1.165) is 6.42 Å². The van der Waals surface area contributed by atoms with Gasteiger partial charge >= 0.3 is 5.97 Å². The van der Waals surface area contributed by atoms with Crippen LogP contribution in [0, 0.1) is 35.5 Å². The van der Waals surface area contributed by atoms with E-state index in [1.54, 1.807) is 24.3 Å². The van der Waals surface area contributed by atoms with Gasteiger partial charge in [-0.15, -0.1) is 0 Å². The average molecular weight is 323 g/mol. The minimum absolute atomic E-state index is 0.161. The van der Waals surface area contributed by atoms with Crippen molar-refractivity contribution in [3.63, 3.8) is 0 Å². The van der Waals surface area contributed by atoms with Crippen LogP contribution >= 0.6 is 0 Å². The van der Waals surface area contributed by atoms with Crippen molar-refractivity contribution in [2.24, 2.45) is 35.5 Å². The summed E-state index contributed by atoms with van der Waals surface area (Å²) < 4.78 is 4.80. The van der Waals surface area contributed by atoms with Gasteiger partial charge in [-0.05, 0) is 42.2 Å². The maximum absolute atomic E-state index is 13.1. The first-order chi connectivity index (χ1) is 11.6. The van der Waals surface area contributed by atoms with Crippen LogP contribution in [0.3, 0.4) is 0 Å². The molecule has 1 saturated heterocycles. The van der Waals surface area contributed by atoms with E-state index in [-0.39, 0.29) is 41.0 Å². The van der Waals surface area contributed by atoms with E-state index in [4.69, 9.17) is 4.74 Å². The van der Waals surface area contributed by atoms with Crippen LogP contribution in [-0.2, 0) is 14.3 Å². The Balaban J connectivity index is 1.59. The number of methoxy groups -OCH3 is 1. The molecule has 0 spiro atoms. The normalized spacial score (nSPS) is 38.1. The minimum atomic E-state index is -0.537. The zero-order valence-electron chi connectivity index (χ0n) is 13.2. The number of benzene rings is 1. The Morgan fingerprint density at radius 3 is 2.21 bits per heavy atom. The molecule has 1 heterocycles. The number of hydrogen-bond donors (Lipinski definition) is 0. The number of imide groups is 1. The smallest absolute Gasteiger partial charge is 0.339 e. The van der Waals surface area contributed by atoms with Crippen molar-refractivity contribution in [1.29, 1.82) is 0 Å². The monoisotopic (exact) mass is 323 g/mol. The van der Waals surface area contributed by atoms with Crippen molar-refractivity contribution in [2.75, 3.05) is 12.0 Å². The number of para-hydroxylation sites is 1. The van der Waals surface area contributed by atoms with Gasteiger partial charge in [-0.3, -0.25) is 9.59 Å². The van der Waals surface area contributed by atoms with Crippen LogP contribution < -0.4 is 4.90 Å². The molecule has 5 aliphatic rings. The lowest BCUT2D eigenvalue weighted by atomic mass is 9.63. The highest BCUT2D eigenvalue weighted by Gasteiger charge is 2.67. The van der Waals surface area contributed by atoms with Gasteiger partial charge in [0.25, 0.3) is 0 Å². The summed E-state index contributed by atoms with van der Waals surface area (Å²) in [6.45, 7) is 0. The first-order valence-electron chi connectivity index (χ1n) is 8.37. The molecule has 0 N–H and O–H groups in total. The molecule has 6 atom stereocenters. The molecule has 1 aromatic carbocycles. The van der Waals surface area contributed by atoms with Crippen molar-refractivity contribution in [2.45, 2.75) is 6.42 Å². The second-order valence-electron chi connectivity index (χ2n) is 7.18. The molecular weight excluding hydrogens is 306 g/mol. The first kappa shape index (κ1) is 14.0. The van der Waals surface area contributed by atoms with Gasteiger partial charge in [0.15, 0.2) is 0 Å². The van der Waals surface area contributed by atoms with Crippen molar-refractivity contribution < 1.29 is 19.1 Å². The Hall–Kier alpha value is -2.43. The van der Waals surface area contributed by atoms with Crippen LogP contribution in [0.1, 0.15) is 16.8 Å². The Morgan fingerprint density at radius 2 is 1.62 bits per heavy atom. The molecule has 3 fully saturated rings. The largest absolute Gasteiger partial charge is 0.465 e. The second kappa shape index (κ2) is 4.56. The number of hydrogen-bond acceptors (Lipinski definition) is 4. The van der Waals surface area contributed by atoms with Crippen LogP contribution in [0.4, 0.5) is 5.69 Å². The number of nitrogens with zero attached hydrogens (tertiary/aromatic N) is 1. The summed E-state index contributed by atoms with van der Waals surface area (Å²) in [7, 11) is 1.30. The minimum Gasteiger partial charge on any atom is -0.465 e. The molecule has 5 heteroatoms. The molecule has 1 aromatic rings. The quantitative estimate of drug-likeness (QED) is 0.475. The molecule has 0 aromatic heterocycles. The molecule has 2 bridgehead atoms. The molecule has 6 rings (SSSR count). The van der Waals surface area contributed by atoms with E-state index < -0.39 is 5.97 Å². The predicted molar refractivity (Wildman–Crippen MR) is 85.0 cm³/mol. The van der Waals surface area contributed by atoms with Gasteiger partial charge in [-0.25, -0.2) is 9.69 Å². The van der Waals surface area contributed by atoms with Crippen LogP contribution in [-0.4, -0.2) is 24.9 Å². The summed E-state index contributed by atoms with van der Waals surface area (Å²) in [5.41, 5.74) is 0.604. The SMILES string of the molecule is COC(=O)c1ccccc1N1C(=O)[C@@H]2[C@H]3C=C[C@@H]([C@@H]4C[C@@H]34)[C@H]2C1=O. The van der Waals surface area contributed by atoms with Gasteiger partial charge in [-0.2, -0.15) is 0 Å². The molecule has 2 saturated carbocycles. The Labute approximate surface area is 139 Å². The molecule has 5 nitrogen and oxygen atoms in total. The van der Waals surface area contributed by atoms with E-state index in [2.05, 4.69) is 12.2 Å². The van der Waals surface area contributed by atoms with Gasteiger partial charge in [0, 0.05) is 0 Å². The summed E-state index contributed by atoms with van der Waals surface area (Å²) in [6, 6.07) is 6.67. The number of esters is 1. The van der Waals surface area contributed by atoms with Gasteiger partial charge in [0.2, 0.25) is 11.8 Å². The third kappa shape index (κ3) is 1.57. The first-order valence-corrected chi connectivity index (χ1v) is 8.37. The van der Waals surface area contributed by atoms with Crippen molar-refractivity contribution >= 4 is 23.5 Å². The Kier molecular flexibility index (Phi) is 2.65. The number of anilines is 1. The van der Waals surface area contributed by atoms with Gasteiger partial charge in [0.1, 0.15) is 0 Å². The number of carbonyl (C=O) groups excluding carboxylic acids is 3. The lowest BCUT2D eigenvalue weighted by molar-refractivity contribution is -0.124. The third-order valence-corrected chi connectivity index (χ3v) is 6.21. The lowest BCUT2D eigenvalue weighted by Gasteiger charge is -2.37. The molecule has 1 aliphatic heterocycles. The fourth-order valence-electron chi connectivity index (χ4n) is 5.15. The van der Waals surface area contributed by atoms with Crippen molar-refractivity contribution in [3.05, 3.63) is 42.0 Å². The molecular formula is C19H17NO4. The molecule has 0 radical (unpaired) electrons. The standard InChI is InChI=1S/C19H17NO4/c1-24-19(23)11-4-2-3-5-14(11)20-17(21)15-9-6-7-10(13-8-12(9)13)16(15)18(20)22/h2-7,9-10,12-13,15-16H,8H2,1H3/t9-,10-,12-,13-,15+,16+/m0/s1. The summed E-state index contributed by atoms with van der Waals surface area (Å²) >= 11 is 0. The summed E-state index contributed by atoms with van der Waals surface area (Å²) in [6.07, 6.45) is 5.41. The van der Waals surface area contributed by atoms with E-state index in [1.165, 1.54) is 12.0 Å².